The van der Waals surface area contributed by atoms with Crippen molar-refractivity contribution < 1.29 is 19.4 Å². The van der Waals surface area contributed by atoms with E-state index in [9.17, 15) is 9.59 Å². The molecule has 7 nitrogen and oxygen atoms in total. The molecule has 0 aromatic carbocycles. The molecular formula is C11H17N3O4. The maximum absolute atomic E-state index is 11.4. The Labute approximate surface area is 105 Å². The van der Waals surface area contributed by atoms with Gasteiger partial charge in [-0.3, -0.25) is 4.68 Å². The molecule has 1 aromatic rings. The fraction of sp³-hybridized carbons (Fsp3) is 0.545. The molecule has 0 saturated heterocycles. The molecule has 1 aromatic heterocycles. The molecule has 0 aliphatic heterocycles. The molecule has 18 heavy (non-hydrogen) atoms. The highest BCUT2D eigenvalue weighted by molar-refractivity contribution is 5.87. The van der Waals surface area contributed by atoms with Crippen LogP contribution in [0.2, 0.25) is 0 Å². The fourth-order valence-electron chi connectivity index (χ4n) is 1.33. The van der Waals surface area contributed by atoms with Crippen LogP contribution < -0.4 is 5.32 Å². The number of carboxylic acid groups (broad SMARTS) is 1. The lowest BCUT2D eigenvalue weighted by molar-refractivity contribution is 0.0520. The van der Waals surface area contributed by atoms with Crippen LogP contribution in [0.1, 0.15) is 36.8 Å². The van der Waals surface area contributed by atoms with Gasteiger partial charge in [0.25, 0.3) is 0 Å². The quantitative estimate of drug-likeness (QED) is 0.844. The number of nitrogens with one attached hydrogen (secondary N) is 1. The van der Waals surface area contributed by atoms with Crippen LogP contribution in [0.4, 0.5) is 4.79 Å². The van der Waals surface area contributed by atoms with E-state index in [4.69, 9.17) is 9.84 Å². The van der Waals surface area contributed by atoms with Crippen LogP contribution in [-0.2, 0) is 18.3 Å². The summed E-state index contributed by atoms with van der Waals surface area (Å²) in [5.74, 6) is -1.13. The van der Waals surface area contributed by atoms with Crippen molar-refractivity contribution in [1.82, 2.24) is 15.1 Å². The molecule has 0 saturated carbocycles. The maximum atomic E-state index is 11.4. The Kier molecular flexibility index (Phi) is 3.95. The summed E-state index contributed by atoms with van der Waals surface area (Å²) in [6.45, 7) is 5.31. The molecule has 0 fully saturated rings. The molecule has 100 valence electrons. The van der Waals surface area contributed by atoms with Crippen molar-refractivity contribution in [3.63, 3.8) is 0 Å². The lowest BCUT2D eigenvalue weighted by Gasteiger charge is -2.19. The Morgan fingerprint density at radius 1 is 1.50 bits per heavy atom. The van der Waals surface area contributed by atoms with Crippen molar-refractivity contribution >= 4 is 12.1 Å². The van der Waals surface area contributed by atoms with Gasteiger partial charge >= 0.3 is 12.1 Å². The van der Waals surface area contributed by atoms with Crippen molar-refractivity contribution in [3.8, 4) is 0 Å². The summed E-state index contributed by atoms with van der Waals surface area (Å²) in [7, 11) is 1.61. The summed E-state index contributed by atoms with van der Waals surface area (Å²) in [6, 6.07) is 0. The van der Waals surface area contributed by atoms with Gasteiger partial charge in [0, 0.05) is 18.8 Å². The minimum absolute atomic E-state index is 0.0599. The number of alkyl carbamates (subject to hydrolysis) is 1. The molecule has 0 atom stereocenters. The van der Waals surface area contributed by atoms with E-state index in [-0.39, 0.29) is 12.2 Å². The molecule has 0 radical (unpaired) electrons. The topological polar surface area (TPSA) is 93.5 Å². The molecule has 7 heteroatoms. The number of aromatic carboxylic acids is 1. The molecule has 0 aliphatic carbocycles. The van der Waals surface area contributed by atoms with Gasteiger partial charge in [-0.25, -0.2) is 9.59 Å². The molecule has 1 rings (SSSR count). The van der Waals surface area contributed by atoms with Crippen molar-refractivity contribution in [1.29, 1.82) is 0 Å². The lowest BCUT2D eigenvalue weighted by Crippen LogP contribution is -2.32. The van der Waals surface area contributed by atoms with E-state index in [2.05, 4.69) is 10.4 Å². The predicted molar refractivity (Wildman–Crippen MR) is 63.2 cm³/mol. The smallest absolute Gasteiger partial charge is 0.407 e. The maximum Gasteiger partial charge on any atom is 0.407 e. The minimum atomic E-state index is -1.13. The summed E-state index contributed by atoms with van der Waals surface area (Å²) < 4.78 is 6.43. The number of hydrogen-bond acceptors (Lipinski definition) is 4. The highest BCUT2D eigenvalue weighted by atomic mass is 16.6. The second-order valence-corrected chi connectivity index (χ2v) is 4.84. The van der Waals surface area contributed by atoms with Crippen LogP contribution in [0.25, 0.3) is 0 Å². The van der Waals surface area contributed by atoms with E-state index < -0.39 is 17.7 Å². The first-order chi connectivity index (χ1) is 8.19. The average Bonchev–Trinajstić information content (AvgIpc) is 2.54. The van der Waals surface area contributed by atoms with Gasteiger partial charge < -0.3 is 15.2 Å². The van der Waals surface area contributed by atoms with Crippen LogP contribution in [0.3, 0.4) is 0 Å². The zero-order valence-electron chi connectivity index (χ0n) is 10.9. The van der Waals surface area contributed by atoms with E-state index in [1.807, 2.05) is 0 Å². The third-order valence-electron chi connectivity index (χ3n) is 1.93. The van der Waals surface area contributed by atoms with E-state index in [1.54, 1.807) is 34.0 Å². The molecule has 0 spiro atoms. The third-order valence-corrected chi connectivity index (χ3v) is 1.93. The van der Waals surface area contributed by atoms with Crippen molar-refractivity contribution in [2.75, 3.05) is 0 Å². The van der Waals surface area contributed by atoms with Gasteiger partial charge in [-0.2, -0.15) is 5.10 Å². The number of carboxylic acids is 1. The summed E-state index contributed by atoms with van der Waals surface area (Å²) in [4.78, 5) is 22.3. The molecule has 0 bridgehead atoms. The Bertz CT molecular complexity index is 459. The normalized spacial score (nSPS) is 11.1. The predicted octanol–water partition coefficient (Wildman–Crippen LogP) is 1.14. The largest absolute Gasteiger partial charge is 0.476 e. The summed E-state index contributed by atoms with van der Waals surface area (Å²) in [5, 5.41) is 15.2. The molecule has 2 N–H and O–H groups in total. The Morgan fingerprint density at radius 2 is 2.11 bits per heavy atom. The van der Waals surface area contributed by atoms with Crippen LogP contribution in [0.5, 0.6) is 0 Å². The van der Waals surface area contributed by atoms with Gasteiger partial charge in [-0.15, -0.1) is 0 Å². The highest BCUT2D eigenvalue weighted by Crippen LogP contribution is 2.09. The SMILES string of the molecule is Cn1cc(CNC(=O)OC(C)(C)C)c(C(=O)O)n1. The number of aromatic nitrogens is 2. The number of ether oxygens (including phenoxy) is 1. The van der Waals surface area contributed by atoms with Crippen LogP contribution in [-0.4, -0.2) is 32.6 Å². The molecule has 0 aliphatic rings. The van der Waals surface area contributed by atoms with Crippen molar-refractivity contribution in [2.24, 2.45) is 7.05 Å². The van der Waals surface area contributed by atoms with Crippen LogP contribution in [0.15, 0.2) is 6.20 Å². The first-order valence-corrected chi connectivity index (χ1v) is 5.41. The number of carbonyl (C=O) groups is 2. The van der Waals surface area contributed by atoms with Gasteiger partial charge in [0.15, 0.2) is 5.69 Å². The number of amides is 1. The van der Waals surface area contributed by atoms with Gasteiger partial charge in [-0.05, 0) is 20.8 Å². The fourth-order valence-corrected chi connectivity index (χ4v) is 1.33. The van der Waals surface area contributed by atoms with Crippen molar-refractivity contribution in [3.05, 3.63) is 17.5 Å². The first-order valence-electron chi connectivity index (χ1n) is 5.41. The molecule has 0 unspecified atom stereocenters. The average molecular weight is 255 g/mol. The monoisotopic (exact) mass is 255 g/mol. The zero-order valence-corrected chi connectivity index (χ0v) is 10.9. The van der Waals surface area contributed by atoms with Gasteiger partial charge in [0.05, 0.1) is 6.54 Å². The van der Waals surface area contributed by atoms with Gasteiger partial charge in [0.1, 0.15) is 5.60 Å². The number of hydrogen-bond donors (Lipinski definition) is 2. The van der Waals surface area contributed by atoms with E-state index in [1.165, 1.54) is 4.68 Å². The zero-order chi connectivity index (χ0) is 13.9. The summed E-state index contributed by atoms with van der Waals surface area (Å²) in [6.07, 6.45) is 0.948. The summed E-state index contributed by atoms with van der Waals surface area (Å²) >= 11 is 0. The molecular weight excluding hydrogens is 238 g/mol. The van der Waals surface area contributed by atoms with Crippen LogP contribution >= 0.6 is 0 Å². The minimum Gasteiger partial charge on any atom is -0.476 e. The lowest BCUT2D eigenvalue weighted by atomic mass is 10.2. The van der Waals surface area contributed by atoms with E-state index in [0.29, 0.717) is 5.56 Å². The highest BCUT2D eigenvalue weighted by Gasteiger charge is 2.18. The van der Waals surface area contributed by atoms with Gasteiger partial charge in [-0.1, -0.05) is 0 Å². The number of carbonyl (C=O) groups excluding carboxylic acids is 1. The van der Waals surface area contributed by atoms with E-state index >= 15 is 0 Å². The standard InChI is InChI=1S/C11H17N3O4/c1-11(2,3)18-10(17)12-5-7-6-14(4)13-8(7)9(15)16/h6H,5H2,1-4H3,(H,12,17)(H,15,16). The second-order valence-electron chi connectivity index (χ2n) is 4.84. The summed E-state index contributed by atoms with van der Waals surface area (Å²) in [5.41, 5.74) is -0.237. The van der Waals surface area contributed by atoms with E-state index in [0.717, 1.165) is 0 Å². The number of aryl methyl sites for hydroxylation is 1. The molecule has 1 amide bonds. The van der Waals surface area contributed by atoms with Gasteiger partial charge in [0.2, 0.25) is 0 Å². The first kappa shape index (κ1) is 14.0. The van der Waals surface area contributed by atoms with Crippen LogP contribution in [0, 0.1) is 0 Å². The number of nitrogens with zero attached hydrogens (tertiary/aromatic N) is 2. The Hall–Kier alpha value is -2.05. The Balaban J connectivity index is 2.64. The third kappa shape index (κ3) is 4.08. The molecule has 1 heterocycles. The van der Waals surface area contributed by atoms with Crippen molar-refractivity contribution in [2.45, 2.75) is 32.9 Å². The second kappa shape index (κ2) is 5.07. The number of rotatable bonds is 3. The Morgan fingerprint density at radius 3 is 2.61 bits per heavy atom.